The van der Waals surface area contributed by atoms with Crippen molar-refractivity contribution in [2.24, 2.45) is 0 Å². The Morgan fingerprint density at radius 2 is 0.947 bits per heavy atom. The van der Waals surface area contributed by atoms with Gasteiger partial charge < -0.3 is 20.1 Å². The Morgan fingerprint density at radius 3 is 1.29 bits per heavy atom. The van der Waals surface area contributed by atoms with E-state index in [1.54, 1.807) is 0 Å². The van der Waals surface area contributed by atoms with Crippen molar-refractivity contribution in [2.45, 2.75) is 161 Å². The number of carbonyl (C=O) groups excluding carboxylic acids is 1. The van der Waals surface area contributed by atoms with Crippen molar-refractivity contribution < 1.29 is 34.2 Å². The molecule has 222 valence electrons. The molecule has 0 rings (SSSR count). The lowest BCUT2D eigenvalue weighted by molar-refractivity contribution is -0.969. The largest absolute Gasteiger partial charge is 0.544 e. The van der Waals surface area contributed by atoms with Gasteiger partial charge in [-0.15, -0.1) is 0 Å². The van der Waals surface area contributed by atoms with Crippen molar-refractivity contribution in [1.82, 2.24) is 0 Å². The first-order valence-electron chi connectivity index (χ1n) is 15.3. The molecule has 0 amide bonds. The summed E-state index contributed by atoms with van der Waals surface area (Å²) in [6, 6.07) is -3.60. The number of carboxylic acid groups (broad SMARTS) is 3. The molecule has 0 aliphatic heterocycles. The van der Waals surface area contributed by atoms with Gasteiger partial charge in [0.2, 0.25) is 0 Å². The molecule has 0 aliphatic rings. The SMILES string of the molecule is CCCCCCCCCCCCCCCC/C=C/CCCC[N+](C(C)C(=O)[O-])(C(C)C(=O)O)C(C)C(=O)O. The first-order valence-corrected chi connectivity index (χ1v) is 15.3. The third-order valence-corrected chi connectivity index (χ3v) is 8.28. The van der Waals surface area contributed by atoms with Crippen molar-refractivity contribution in [3.63, 3.8) is 0 Å². The van der Waals surface area contributed by atoms with Gasteiger partial charge in [-0.2, -0.15) is 0 Å². The fourth-order valence-electron chi connectivity index (χ4n) is 5.53. The number of carboxylic acids is 3. The number of allylic oxidation sites excluding steroid dienone is 2. The van der Waals surface area contributed by atoms with Gasteiger partial charge in [0.15, 0.2) is 12.1 Å². The van der Waals surface area contributed by atoms with Crippen LogP contribution in [0.15, 0.2) is 12.2 Å². The second kappa shape index (κ2) is 22.0. The van der Waals surface area contributed by atoms with Crippen LogP contribution in [-0.4, -0.2) is 57.3 Å². The molecule has 3 atom stereocenters. The normalized spacial score (nSPS) is 15.7. The van der Waals surface area contributed by atoms with Crippen LogP contribution in [0.1, 0.15) is 143 Å². The zero-order valence-electron chi connectivity index (χ0n) is 24.8. The summed E-state index contributed by atoms with van der Waals surface area (Å²) in [6.07, 6.45) is 26.3. The van der Waals surface area contributed by atoms with E-state index in [-0.39, 0.29) is 6.54 Å². The Hall–Kier alpha value is -1.89. The smallest absolute Gasteiger partial charge is 0.362 e. The molecule has 0 heterocycles. The first kappa shape index (κ1) is 36.1. The average Bonchev–Trinajstić information content (AvgIpc) is 2.88. The summed E-state index contributed by atoms with van der Waals surface area (Å²) in [7, 11) is 0. The number of carbonyl (C=O) groups is 3. The molecule has 2 N–H and O–H groups in total. The van der Waals surface area contributed by atoms with Crippen LogP contribution in [0, 0.1) is 0 Å². The van der Waals surface area contributed by atoms with Crippen LogP contribution < -0.4 is 5.11 Å². The number of hydrogen-bond acceptors (Lipinski definition) is 4. The molecule has 0 aromatic carbocycles. The van der Waals surface area contributed by atoms with E-state index in [0.717, 1.165) is 19.3 Å². The molecule has 7 heteroatoms. The third-order valence-electron chi connectivity index (χ3n) is 8.28. The summed E-state index contributed by atoms with van der Waals surface area (Å²) in [4.78, 5) is 35.2. The van der Waals surface area contributed by atoms with Gasteiger partial charge in [-0.05, 0) is 52.9 Å². The highest BCUT2D eigenvalue weighted by molar-refractivity contribution is 5.76. The maximum atomic E-state index is 11.8. The van der Waals surface area contributed by atoms with Crippen molar-refractivity contribution in [1.29, 1.82) is 0 Å². The van der Waals surface area contributed by atoms with E-state index in [1.165, 1.54) is 111 Å². The molecule has 38 heavy (non-hydrogen) atoms. The quantitative estimate of drug-likeness (QED) is 0.0738. The molecule has 0 aliphatic carbocycles. The summed E-state index contributed by atoms with van der Waals surface area (Å²) < 4.78 is -0.560. The number of hydrogen-bond donors (Lipinski definition) is 2. The standard InChI is InChI=1S/C31H57NO6/c1-5-6-7-8-9-10-11-12-13-14-15-16-17-18-19-20-21-22-23-24-25-32(26(2)29(33)34,27(3)30(35)36)28(4)31(37)38/h20-21,26-28H,5-19,22-25H2,1-4H3,(H2-,33,34,35,36,37,38)/b21-20+. The van der Waals surface area contributed by atoms with E-state index in [0.29, 0.717) is 6.42 Å². The zero-order chi connectivity index (χ0) is 28.8. The maximum Gasteiger partial charge on any atom is 0.362 e. The minimum atomic E-state index is -1.43. The van der Waals surface area contributed by atoms with E-state index < -0.39 is 40.5 Å². The Kier molecular flexibility index (Phi) is 20.9. The molecular formula is C31H57NO6. The van der Waals surface area contributed by atoms with Crippen LogP contribution in [0.5, 0.6) is 0 Å². The molecule has 0 saturated heterocycles. The summed E-state index contributed by atoms with van der Waals surface area (Å²) >= 11 is 0. The highest BCUT2D eigenvalue weighted by atomic mass is 16.4. The van der Waals surface area contributed by atoms with Crippen LogP contribution in [0.3, 0.4) is 0 Å². The summed E-state index contributed by atoms with van der Waals surface area (Å²) in [6.45, 7) is 6.54. The monoisotopic (exact) mass is 539 g/mol. The van der Waals surface area contributed by atoms with Crippen LogP contribution in [0.25, 0.3) is 0 Å². The molecule has 3 unspecified atom stereocenters. The molecule has 0 radical (unpaired) electrons. The summed E-state index contributed by atoms with van der Waals surface area (Å²) in [5.41, 5.74) is 0. The van der Waals surface area contributed by atoms with Crippen molar-refractivity contribution in [2.75, 3.05) is 6.54 Å². The van der Waals surface area contributed by atoms with Crippen molar-refractivity contribution in [3.05, 3.63) is 12.2 Å². The minimum absolute atomic E-state index is 0.156. The topological polar surface area (TPSA) is 115 Å². The Balaban J connectivity index is 4.14. The number of aliphatic carboxylic acids is 3. The Labute approximate surface area is 232 Å². The van der Waals surface area contributed by atoms with Crippen molar-refractivity contribution in [3.8, 4) is 0 Å². The van der Waals surface area contributed by atoms with E-state index in [4.69, 9.17) is 0 Å². The number of nitrogens with zero attached hydrogens (tertiary/aromatic N) is 1. The maximum absolute atomic E-state index is 11.8. The van der Waals surface area contributed by atoms with Gasteiger partial charge in [0, 0.05) is 0 Å². The number of quaternary nitrogens is 1. The Bertz CT molecular complexity index is 627. The van der Waals surface area contributed by atoms with Crippen LogP contribution in [0.2, 0.25) is 0 Å². The summed E-state index contributed by atoms with van der Waals surface area (Å²) in [5, 5.41) is 30.9. The molecule has 7 nitrogen and oxygen atoms in total. The Morgan fingerprint density at radius 1 is 0.605 bits per heavy atom. The van der Waals surface area contributed by atoms with Gasteiger partial charge in [0.05, 0.1) is 12.5 Å². The second-order valence-electron chi connectivity index (χ2n) is 11.1. The fraction of sp³-hybridized carbons (Fsp3) is 0.839. The second-order valence-corrected chi connectivity index (χ2v) is 11.1. The van der Waals surface area contributed by atoms with E-state index in [2.05, 4.69) is 19.1 Å². The van der Waals surface area contributed by atoms with Gasteiger partial charge >= 0.3 is 11.9 Å². The van der Waals surface area contributed by atoms with Gasteiger partial charge in [-0.1, -0.05) is 103 Å². The molecule has 0 aromatic heterocycles. The van der Waals surface area contributed by atoms with Gasteiger partial charge in [0.25, 0.3) is 0 Å². The van der Waals surface area contributed by atoms with E-state index >= 15 is 0 Å². The minimum Gasteiger partial charge on any atom is -0.544 e. The predicted octanol–water partition coefficient (Wildman–Crippen LogP) is 6.49. The van der Waals surface area contributed by atoms with Gasteiger partial charge in [-0.3, -0.25) is 4.48 Å². The number of unbranched alkanes of at least 4 members (excludes halogenated alkanes) is 16. The molecule has 0 fully saturated rings. The third kappa shape index (κ3) is 14.3. The highest BCUT2D eigenvalue weighted by Crippen LogP contribution is 2.27. The molecule has 0 spiro atoms. The van der Waals surface area contributed by atoms with Crippen LogP contribution >= 0.6 is 0 Å². The number of rotatable bonds is 26. The summed E-state index contributed by atoms with van der Waals surface area (Å²) in [5.74, 6) is -3.85. The van der Waals surface area contributed by atoms with Crippen LogP contribution in [-0.2, 0) is 14.4 Å². The zero-order valence-corrected chi connectivity index (χ0v) is 24.8. The predicted molar refractivity (Wildman–Crippen MR) is 152 cm³/mol. The van der Waals surface area contributed by atoms with Gasteiger partial charge in [-0.25, -0.2) is 9.59 Å². The molecule has 0 bridgehead atoms. The van der Waals surface area contributed by atoms with E-state index in [1.807, 2.05) is 0 Å². The molecular weight excluding hydrogens is 482 g/mol. The lowest BCUT2D eigenvalue weighted by Crippen LogP contribution is -2.72. The lowest BCUT2D eigenvalue weighted by Gasteiger charge is -2.49. The van der Waals surface area contributed by atoms with Crippen LogP contribution in [0.4, 0.5) is 0 Å². The highest BCUT2D eigenvalue weighted by Gasteiger charge is 2.50. The lowest BCUT2D eigenvalue weighted by atomic mass is 10.0. The first-order chi connectivity index (χ1) is 18.1. The van der Waals surface area contributed by atoms with Crippen molar-refractivity contribution >= 4 is 17.9 Å². The van der Waals surface area contributed by atoms with E-state index in [9.17, 15) is 29.7 Å². The fourth-order valence-corrected chi connectivity index (χ4v) is 5.53. The molecule has 0 aromatic rings. The average molecular weight is 540 g/mol. The molecule has 0 saturated carbocycles. The van der Waals surface area contributed by atoms with Gasteiger partial charge in [0.1, 0.15) is 6.04 Å².